The van der Waals surface area contributed by atoms with E-state index in [0.29, 0.717) is 24.9 Å². The van der Waals surface area contributed by atoms with Gasteiger partial charge in [0.2, 0.25) is 0 Å². The number of Topliss-reactive ketones (excluding diaryl/α,β-unsaturated/α-hetero) is 1. The Bertz CT molecular complexity index is 203. The first-order chi connectivity index (χ1) is 7.79. The number of hydrogen-bond acceptors (Lipinski definition) is 3. The molecule has 1 rings (SSSR count). The molecule has 0 saturated heterocycles. The molecule has 0 aliphatic heterocycles. The number of carbonyl (C=O) groups excluding carboxylic acids is 1. The van der Waals surface area contributed by atoms with Crippen LogP contribution in [0.25, 0.3) is 0 Å². The van der Waals surface area contributed by atoms with Crippen LogP contribution in [0.1, 0.15) is 39.0 Å². The van der Waals surface area contributed by atoms with Gasteiger partial charge < -0.3 is 9.47 Å². The Labute approximate surface area is 98.5 Å². The molecular weight excluding hydrogens is 204 g/mol. The maximum absolute atomic E-state index is 12.0. The van der Waals surface area contributed by atoms with Crippen LogP contribution < -0.4 is 0 Å². The van der Waals surface area contributed by atoms with Gasteiger partial charge in [0.25, 0.3) is 0 Å². The van der Waals surface area contributed by atoms with E-state index in [-0.39, 0.29) is 12.5 Å². The predicted octanol–water partition coefficient (Wildman–Crippen LogP) is 2.43. The molecule has 0 spiro atoms. The summed E-state index contributed by atoms with van der Waals surface area (Å²) in [5.74, 6) is 1.14. The van der Waals surface area contributed by atoms with Crippen molar-refractivity contribution in [3.05, 3.63) is 0 Å². The molecule has 94 valence electrons. The van der Waals surface area contributed by atoms with Crippen LogP contribution in [-0.2, 0) is 14.3 Å². The third-order valence-electron chi connectivity index (χ3n) is 3.52. The van der Waals surface area contributed by atoms with Crippen LogP contribution in [0.3, 0.4) is 0 Å². The molecule has 16 heavy (non-hydrogen) atoms. The molecule has 1 saturated carbocycles. The van der Waals surface area contributed by atoms with E-state index in [1.165, 1.54) is 19.3 Å². The fraction of sp³-hybridized carbons (Fsp3) is 0.923. The van der Waals surface area contributed by atoms with Crippen molar-refractivity contribution in [1.82, 2.24) is 0 Å². The molecule has 1 aliphatic carbocycles. The minimum Gasteiger partial charge on any atom is -0.382 e. The largest absolute Gasteiger partial charge is 0.382 e. The number of methoxy groups -OCH3 is 1. The zero-order chi connectivity index (χ0) is 11.8. The zero-order valence-electron chi connectivity index (χ0n) is 10.5. The summed E-state index contributed by atoms with van der Waals surface area (Å²) in [6.45, 7) is 3.54. The normalized spacial score (nSPS) is 25.6. The van der Waals surface area contributed by atoms with E-state index < -0.39 is 0 Å². The van der Waals surface area contributed by atoms with Crippen LogP contribution >= 0.6 is 0 Å². The van der Waals surface area contributed by atoms with Gasteiger partial charge in [-0.1, -0.05) is 26.2 Å². The fourth-order valence-electron chi connectivity index (χ4n) is 2.54. The highest BCUT2D eigenvalue weighted by molar-refractivity contribution is 5.82. The maximum Gasteiger partial charge on any atom is 0.161 e. The van der Waals surface area contributed by atoms with Crippen molar-refractivity contribution in [1.29, 1.82) is 0 Å². The van der Waals surface area contributed by atoms with Crippen LogP contribution in [0.5, 0.6) is 0 Å². The predicted molar refractivity (Wildman–Crippen MR) is 63.4 cm³/mol. The molecule has 3 nitrogen and oxygen atoms in total. The van der Waals surface area contributed by atoms with E-state index >= 15 is 0 Å². The lowest BCUT2D eigenvalue weighted by Crippen LogP contribution is -2.30. The van der Waals surface area contributed by atoms with Crippen LogP contribution in [-0.4, -0.2) is 32.7 Å². The summed E-state index contributed by atoms with van der Waals surface area (Å²) in [5, 5.41) is 0. The van der Waals surface area contributed by atoms with E-state index in [9.17, 15) is 4.79 Å². The standard InChI is InChI=1S/C13H24O3/c1-3-11-6-4-5-7-12(11)13(14)10-16-9-8-15-2/h11-12H,3-10H2,1-2H3. The topological polar surface area (TPSA) is 35.5 Å². The Morgan fingerprint density at radius 2 is 2.00 bits per heavy atom. The van der Waals surface area contributed by atoms with Gasteiger partial charge >= 0.3 is 0 Å². The first kappa shape index (κ1) is 13.7. The number of ether oxygens (including phenoxy) is 2. The fourth-order valence-corrected chi connectivity index (χ4v) is 2.54. The smallest absolute Gasteiger partial charge is 0.161 e. The summed E-state index contributed by atoms with van der Waals surface area (Å²) >= 11 is 0. The van der Waals surface area contributed by atoms with E-state index in [1.54, 1.807) is 7.11 Å². The first-order valence-corrected chi connectivity index (χ1v) is 6.39. The Morgan fingerprint density at radius 1 is 1.25 bits per heavy atom. The van der Waals surface area contributed by atoms with Gasteiger partial charge in [-0.2, -0.15) is 0 Å². The van der Waals surface area contributed by atoms with Crippen LogP contribution in [0.15, 0.2) is 0 Å². The van der Waals surface area contributed by atoms with Crippen LogP contribution in [0, 0.1) is 11.8 Å². The Balaban J connectivity index is 2.27. The lowest BCUT2D eigenvalue weighted by Gasteiger charge is -2.29. The summed E-state index contributed by atoms with van der Waals surface area (Å²) in [6.07, 6.45) is 5.88. The van der Waals surface area contributed by atoms with Crippen molar-refractivity contribution in [2.75, 3.05) is 26.9 Å². The Morgan fingerprint density at radius 3 is 2.69 bits per heavy atom. The SMILES string of the molecule is CCC1CCCCC1C(=O)COCCOC. The monoisotopic (exact) mass is 228 g/mol. The third kappa shape index (κ3) is 4.22. The van der Waals surface area contributed by atoms with E-state index in [4.69, 9.17) is 9.47 Å². The van der Waals surface area contributed by atoms with E-state index in [0.717, 1.165) is 12.8 Å². The Hall–Kier alpha value is -0.410. The molecule has 0 aromatic heterocycles. The molecule has 3 heteroatoms. The maximum atomic E-state index is 12.0. The molecule has 1 aliphatic rings. The molecule has 0 aromatic carbocycles. The number of carbonyl (C=O) groups is 1. The molecule has 2 atom stereocenters. The average molecular weight is 228 g/mol. The highest BCUT2D eigenvalue weighted by Gasteiger charge is 2.29. The summed E-state index contributed by atoms with van der Waals surface area (Å²) in [4.78, 5) is 12.0. The second kappa shape index (κ2) is 7.80. The lowest BCUT2D eigenvalue weighted by atomic mass is 9.76. The van der Waals surface area contributed by atoms with Crippen molar-refractivity contribution >= 4 is 5.78 Å². The molecule has 0 radical (unpaired) electrons. The number of ketones is 1. The molecule has 0 heterocycles. The van der Waals surface area contributed by atoms with E-state index in [2.05, 4.69) is 6.92 Å². The second-order valence-corrected chi connectivity index (χ2v) is 4.57. The number of hydrogen-bond donors (Lipinski definition) is 0. The summed E-state index contributed by atoms with van der Waals surface area (Å²) in [5.41, 5.74) is 0. The highest BCUT2D eigenvalue weighted by atomic mass is 16.5. The van der Waals surface area contributed by atoms with E-state index in [1.807, 2.05) is 0 Å². The summed E-state index contributed by atoms with van der Waals surface area (Å²) in [7, 11) is 1.64. The molecule has 0 N–H and O–H groups in total. The molecule has 0 bridgehead atoms. The highest BCUT2D eigenvalue weighted by Crippen LogP contribution is 2.32. The molecule has 0 aromatic rings. The summed E-state index contributed by atoms with van der Waals surface area (Å²) < 4.78 is 10.2. The quantitative estimate of drug-likeness (QED) is 0.628. The van der Waals surface area contributed by atoms with Crippen molar-refractivity contribution in [3.8, 4) is 0 Å². The molecular formula is C13H24O3. The molecule has 0 amide bonds. The van der Waals surface area contributed by atoms with Gasteiger partial charge in [-0.3, -0.25) is 4.79 Å². The Kier molecular flexibility index (Phi) is 6.65. The first-order valence-electron chi connectivity index (χ1n) is 6.39. The van der Waals surface area contributed by atoms with Gasteiger partial charge in [-0.25, -0.2) is 0 Å². The van der Waals surface area contributed by atoms with Crippen LogP contribution in [0.2, 0.25) is 0 Å². The molecule has 1 fully saturated rings. The minimum atomic E-state index is 0.251. The van der Waals surface area contributed by atoms with Gasteiger partial charge in [0.05, 0.1) is 13.2 Å². The summed E-state index contributed by atoms with van der Waals surface area (Å²) in [6, 6.07) is 0. The minimum absolute atomic E-state index is 0.251. The average Bonchev–Trinajstić information content (AvgIpc) is 2.34. The third-order valence-corrected chi connectivity index (χ3v) is 3.52. The van der Waals surface area contributed by atoms with Crippen LogP contribution in [0.4, 0.5) is 0 Å². The van der Waals surface area contributed by atoms with Crippen molar-refractivity contribution in [2.45, 2.75) is 39.0 Å². The van der Waals surface area contributed by atoms with Crippen molar-refractivity contribution in [2.24, 2.45) is 11.8 Å². The number of rotatable bonds is 7. The van der Waals surface area contributed by atoms with Gasteiger partial charge in [0.15, 0.2) is 5.78 Å². The van der Waals surface area contributed by atoms with Crippen molar-refractivity contribution in [3.63, 3.8) is 0 Å². The van der Waals surface area contributed by atoms with Gasteiger partial charge in [0, 0.05) is 13.0 Å². The van der Waals surface area contributed by atoms with Gasteiger partial charge in [-0.05, 0) is 18.8 Å². The zero-order valence-corrected chi connectivity index (χ0v) is 10.5. The van der Waals surface area contributed by atoms with Gasteiger partial charge in [-0.15, -0.1) is 0 Å². The van der Waals surface area contributed by atoms with Gasteiger partial charge in [0.1, 0.15) is 6.61 Å². The second-order valence-electron chi connectivity index (χ2n) is 4.57. The van der Waals surface area contributed by atoms with Crippen molar-refractivity contribution < 1.29 is 14.3 Å². The lowest BCUT2D eigenvalue weighted by molar-refractivity contribution is -0.130. The molecule has 2 unspecified atom stereocenters.